The van der Waals surface area contributed by atoms with Crippen LogP contribution in [0, 0.1) is 11.7 Å². The van der Waals surface area contributed by atoms with Crippen molar-refractivity contribution in [1.29, 1.82) is 0 Å². The van der Waals surface area contributed by atoms with Crippen molar-refractivity contribution in [3.05, 3.63) is 35.8 Å². The number of halogens is 1. The van der Waals surface area contributed by atoms with E-state index in [-0.39, 0.29) is 17.3 Å². The van der Waals surface area contributed by atoms with Crippen molar-refractivity contribution in [1.82, 2.24) is 0 Å². The minimum atomic E-state index is -0.932. The van der Waals surface area contributed by atoms with Gasteiger partial charge in [-0.1, -0.05) is 38.3 Å². The molecule has 1 aromatic carbocycles. The van der Waals surface area contributed by atoms with Gasteiger partial charge in [-0.15, -0.1) is 0 Å². The molecule has 3 rings (SSSR count). The van der Waals surface area contributed by atoms with Crippen LogP contribution in [0.3, 0.4) is 0 Å². The van der Waals surface area contributed by atoms with E-state index < -0.39 is 5.60 Å². The minimum absolute atomic E-state index is 0.199. The fraction of sp³-hybridized carbons (Fsp3) is 0.500. The van der Waals surface area contributed by atoms with Crippen molar-refractivity contribution in [2.45, 2.75) is 44.6 Å². The molecule has 1 aliphatic rings. The van der Waals surface area contributed by atoms with Crippen LogP contribution in [0.25, 0.3) is 11.0 Å². The van der Waals surface area contributed by atoms with Gasteiger partial charge in [0, 0.05) is 5.39 Å². The van der Waals surface area contributed by atoms with Gasteiger partial charge in [-0.25, -0.2) is 4.39 Å². The Morgan fingerprint density at radius 3 is 3.00 bits per heavy atom. The molecule has 0 spiro atoms. The van der Waals surface area contributed by atoms with Crippen LogP contribution in [-0.4, -0.2) is 5.11 Å². The Hall–Kier alpha value is -1.35. The SMILES string of the molecule is CCC1CCCCC1(O)c1cc2cccc(F)c2o1. The van der Waals surface area contributed by atoms with E-state index in [0.717, 1.165) is 31.1 Å². The number of hydrogen-bond acceptors (Lipinski definition) is 2. The molecule has 1 aliphatic carbocycles. The minimum Gasteiger partial charge on any atom is -0.455 e. The molecule has 0 radical (unpaired) electrons. The molecule has 1 N–H and O–H groups in total. The third-order valence-electron chi connectivity index (χ3n) is 4.45. The third kappa shape index (κ3) is 1.96. The Kier molecular flexibility index (Phi) is 3.09. The molecule has 102 valence electrons. The Balaban J connectivity index is 2.09. The second-order valence-electron chi connectivity index (χ2n) is 5.54. The van der Waals surface area contributed by atoms with E-state index in [1.54, 1.807) is 12.1 Å². The molecule has 0 saturated heterocycles. The summed E-state index contributed by atoms with van der Waals surface area (Å²) in [4.78, 5) is 0. The van der Waals surface area contributed by atoms with Gasteiger partial charge >= 0.3 is 0 Å². The Morgan fingerprint density at radius 1 is 1.42 bits per heavy atom. The first kappa shape index (κ1) is 12.7. The average molecular weight is 262 g/mol. The van der Waals surface area contributed by atoms with Gasteiger partial charge in [-0.2, -0.15) is 0 Å². The number of furan rings is 1. The maximum absolute atomic E-state index is 13.7. The summed E-state index contributed by atoms with van der Waals surface area (Å²) in [7, 11) is 0. The van der Waals surface area contributed by atoms with Gasteiger partial charge in [0.1, 0.15) is 11.4 Å². The van der Waals surface area contributed by atoms with Gasteiger partial charge in [0.25, 0.3) is 0 Å². The van der Waals surface area contributed by atoms with Crippen molar-refractivity contribution >= 4 is 11.0 Å². The highest BCUT2D eigenvalue weighted by atomic mass is 19.1. The number of rotatable bonds is 2. The Bertz CT molecular complexity index is 589. The van der Waals surface area contributed by atoms with Gasteiger partial charge in [0.05, 0.1) is 0 Å². The molecule has 1 heterocycles. The first-order valence-electron chi connectivity index (χ1n) is 7.06. The maximum Gasteiger partial charge on any atom is 0.170 e. The van der Waals surface area contributed by atoms with Gasteiger partial charge in [0.2, 0.25) is 0 Å². The molecule has 2 atom stereocenters. The van der Waals surface area contributed by atoms with E-state index in [1.165, 1.54) is 6.07 Å². The van der Waals surface area contributed by atoms with E-state index >= 15 is 0 Å². The fourth-order valence-corrected chi connectivity index (χ4v) is 3.34. The number of benzene rings is 1. The molecule has 2 aromatic rings. The molecule has 0 aliphatic heterocycles. The largest absolute Gasteiger partial charge is 0.455 e. The van der Waals surface area contributed by atoms with Crippen molar-refractivity contribution in [3.63, 3.8) is 0 Å². The van der Waals surface area contributed by atoms with Crippen LogP contribution in [0.5, 0.6) is 0 Å². The zero-order valence-corrected chi connectivity index (χ0v) is 11.2. The lowest BCUT2D eigenvalue weighted by Gasteiger charge is -2.38. The lowest BCUT2D eigenvalue weighted by molar-refractivity contribution is -0.0709. The highest BCUT2D eigenvalue weighted by Gasteiger charge is 2.42. The highest BCUT2D eigenvalue weighted by molar-refractivity contribution is 5.78. The van der Waals surface area contributed by atoms with Gasteiger partial charge < -0.3 is 9.52 Å². The zero-order chi connectivity index (χ0) is 13.5. The number of hydrogen-bond donors (Lipinski definition) is 1. The summed E-state index contributed by atoms with van der Waals surface area (Å²) in [5.74, 6) is 0.361. The van der Waals surface area contributed by atoms with Crippen molar-refractivity contribution in [2.24, 2.45) is 5.92 Å². The third-order valence-corrected chi connectivity index (χ3v) is 4.45. The van der Waals surface area contributed by atoms with Crippen LogP contribution in [0.4, 0.5) is 4.39 Å². The van der Waals surface area contributed by atoms with E-state index in [1.807, 2.05) is 6.07 Å². The van der Waals surface area contributed by atoms with E-state index in [4.69, 9.17) is 4.42 Å². The lowest BCUT2D eigenvalue weighted by Crippen LogP contribution is -2.37. The fourth-order valence-electron chi connectivity index (χ4n) is 3.34. The molecular formula is C16H19FO2. The smallest absolute Gasteiger partial charge is 0.170 e. The molecule has 0 bridgehead atoms. The standard InChI is InChI=1S/C16H19FO2/c1-2-12-7-3-4-9-16(12,18)14-10-11-6-5-8-13(17)15(11)19-14/h5-6,8,10,12,18H,2-4,7,9H2,1H3. The predicted octanol–water partition coefficient (Wildman–Crippen LogP) is 4.36. The first-order valence-corrected chi connectivity index (χ1v) is 7.06. The Labute approximate surface area is 112 Å². The Morgan fingerprint density at radius 2 is 2.26 bits per heavy atom. The van der Waals surface area contributed by atoms with E-state index in [0.29, 0.717) is 12.2 Å². The molecule has 1 saturated carbocycles. The van der Waals surface area contributed by atoms with Gasteiger partial charge in [0.15, 0.2) is 11.4 Å². The van der Waals surface area contributed by atoms with Crippen LogP contribution in [0.2, 0.25) is 0 Å². The van der Waals surface area contributed by atoms with Crippen LogP contribution in [0.15, 0.2) is 28.7 Å². The molecule has 1 aromatic heterocycles. The summed E-state index contributed by atoms with van der Waals surface area (Å²) in [5, 5.41) is 11.7. The van der Waals surface area contributed by atoms with Crippen molar-refractivity contribution < 1.29 is 13.9 Å². The van der Waals surface area contributed by atoms with Crippen LogP contribution < -0.4 is 0 Å². The summed E-state index contributed by atoms with van der Waals surface area (Å²) in [5.41, 5.74) is -0.676. The summed E-state index contributed by atoms with van der Waals surface area (Å²) in [6.07, 6.45) is 4.76. The summed E-state index contributed by atoms with van der Waals surface area (Å²) >= 11 is 0. The topological polar surface area (TPSA) is 33.4 Å². The van der Waals surface area contributed by atoms with Crippen LogP contribution in [0.1, 0.15) is 44.8 Å². The summed E-state index contributed by atoms with van der Waals surface area (Å²) in [6, 6.07) is 6.67. The molecule has 1 fully saturated rings. The van der Waals surface area contributed by atoms with E-state index in [9.17, 15) is 9.50 Å². The highest BCUT2D eigenvalue weighted by Crippen LogP contribution is 2.44. The molecular weight excluding hydrogens is 243 g/mol. The molecule has 0 amide bonds. The van der Waals surface area contributed by atoms with Gasteiger partial charge in [-0.3, -0.25) is 0 Å². The number of para-hydroxylation sites is 1. The van der Waals surface area contributed by atoms with E-state index in [2.05, 4.69) is 6.92 Å². The predicted molar refractivity (Wildman–Crippen MR) is 72.3 cm³/mol. The molecule has 3 heteroatoms. The van der Waals surface area contributed by atoms with Crippen LogP contribution in [-0.2, 0) is 5.60 Å². The first-order chi connectivity index (χ1) is 9.15. The second-order valence-corrected chi connectivity index (χ2v) is 5.54. The monoisotopic (exact) mass is 262 g/mol. The molecule has 2 unspecified atom stereocenters. The number of fused-ring (bicyclic) bond motifs is 1. The summed E-state index contributed by atoms with van der Waals surface area (Å²) < 4.78 is 19.3. The zero-order valence-electron chi connectivity index (χ0n) is 11.2. The van der Waals surface area contributed by atoms with Crippen LogP contribution >= 0.6 is 0 Å². The number of aliphatic hydroxyl groups is 1. The molecule has 2 nitrogen and oxygen atoms in total. The van der Waals surface area contributed by atoms with Crippen molar-refractivity contribution in [3.8, 4) is 0 Å². The molecule has 19 heavy (non-hydrogen) atoms. The average Bonchev–Trinajstić information content (AvgIpc) is 2.85. The van der Waals surface area contributed by atoms with Gasteiger partial charge in [-0.05, 0) is 30.9 Å². The normalized spacial score (nSPS) is 27.8. The second kappa shape index (κ2) is 4.64. The summed E-state index contributed by atoms with van der Waals surface area (Å²) in [6.45, 7) is 2.09. The lowest BCUT2D eigenvalue weighted by atomic mass is 9.73. The quantitative estimate of drug-likeness (QED) is 0.872. The maximum atomic E-state index is 13.7. The van der Waals surface area contributed by atoms with Crippen molar-refractivity contribution in [2.75, 3.05) is 0 Å².